The van der Waals surface area contributed by atoms with E-state index in [0.29, 0.717) is 6.07 Å². The molecule has 0 N–H and O–H groups in total. The second-order valence-electron chi connectivity index (χ2n) is 3.91. The van der Waals surface area contributed by atoms with Gasteiger partial charge in [0.25, 0.3) is 0 Å². The Hall–Kier alpha value is -1.73. The van der Waals surface area contributed by atoms with Gasteiger partial charge in [-0.05, 0) is 12.1 Å². The molecule has 1 aliphatic heterocycles. The zero-order valence-corrected chi connectivity index (χ0v) is 9.15. The number of alkyl halides is 6. The van der Waals surface area contributed by atoms with Crippen LogP contribution in [0.15, 0.2) is 12.1 Å². The predicted octanol–water partition coefficient (Wildman–Crippen LogP) is 3.69. The number of hydrogen-bond donors (Lipinski definition) is 0. The molecule has 0 unspecified atom stereocenters. The first-order chi connectivity index (χ1) is 8.60. The Bertz CT molecular complexity index is 529. The largest absolute Gasteiger partial charge is 0.492 e. The van der Waals surface area contributed by atoms with Crippen LogP contribution in [0.2, 0.25) is 0 Å². The molecule has 0 spiro atoms. The maximum absolute atomic E-state index is 12.7. The lowest BCUT2D eigenvalue weighted by Gasteiger charge is -2.22. The normalized spacial score (nSPS) is 16.0. The lowest BCUT2D eigenvalue weighted by atomic mass is 9.95. The minimum absolute atomic E-state index is 0.0641. The van der Waals surface area contributed by atoms with E-state index in [4.69, 9.17) is 4.74 Å². The minimum atomic E-state index is -5.05. The van der Waals surface area contributed by atoms with Crippen LogP contribution in [0.3, 0.4) is 0 Å². The molecule has 0 saturated heterocycles. The maximum atomic E-state index is 12.7. The number of carbonyl (C=O) groups excluding carboxylic acids is 1. The van der Waals surface area contributed by atoms with Gasteiger partial charge < -0.3 is 4.74 Å². The molecule has 8 heteroatoms. The first-order valence-corrected chi connectivity index (χ1v) is 5.09. The van der Waals surface area contributed by atoms with Gasteiger partial charge in [0.05, 0.1) is 23.3 Å². The van der Waals surface area contributed by atoms with Crippen molar-refractivity contribution in [1.82, 2.24) is 0 Å². The predicted molar refractivity (Wildman–Crippen MR) is 50.9 cm³/mol. The molecule has 1 aromatic carbocycles. The van der Waals surface area contributed by atoms with Gasteiger partial charge in [0.15, 0.2) is 5.78 Å². The van der Waals surface area contributed by atoms with Crippen molar-refractivity contribution < 1.29 is 35.9 Å². The monoisotopic (exact) mass is 284 g/mol. The topological polar surface area (TPSA) is 26.3 Å². The van der Waals surface area contributed by atoms with Crippen LogP contribution in [0.25, 0.3) is 0 Å². The molecule has 0 saturated carbocycles. The smallest absolute Gasteiger partial charge is 0.417 e. The molecule has 1 aliphatic rings. The summed E-state index contributed by atoms with van der Waals surface area (Å²) < 4.78 is 80.5. The number of Topliss-reactive ketones (excluding diaryl/α,β-unsaturated/α-hetero) is 1. The molecule has 0 aromatic heterocycles. The number of hydrogen-bond acceptors (Lipinski definition) is 2. The van der Waals surface area contributed by atoms with Crippen LogP contribution in [0.5, 0.6) is 5.75 Å². The summed E-state index contributed by atoms with van der Waals surface area (Å²) >= 11 is 0. The van der Waals surface area contributed by atoms with Gasteiger partial charge >= 0.3 is 12.4 Å². The molecule has 0 aliphatic carbocycles. The van der Waals surface area contributed by atoms with Crippen molar-refractivity contribution in [1.29, 1.82) is 0 Å². The molecule has 2 nitrogen and oxygen atoms in total. The van der Waals surface area contributed by atoms with E-state index >= 15 is 0 Å². The van der Waals surface area contributed by atoms with Gasteiger partial charge in [-0.15, -0.1) is 0 Å². The van der Waals surface area contributed by atoms with Crippen molar-refractivity contribution in [2.24, 2.45) is 0 Å². The van der Waals surface area contributed by atoms with Crippen LogP contribution in [0.4, 0.5) is 26.3 Å². The molecular weight excluding hydrogens is 278 g/mol. The minimum Gasteiger partial charge on any atom is -0.492 e. The molecule has 0 amide bonds. The summed E-state index contributed by atoms with van der Waals surface area (Å²) in [4.78, 5) is 11.5. The van der Waals surface area contributed by atoms with Gasteiger partial charge in [-0.25, -0.2) is 0 Å². The van der Waals surface area contributed by atoms with Gasteiger partial charge in [0.2, 0.25) is 0 Å². The summed E-state index contributed by atoms with van der Waals surface area (Å²) in [5.41, 5.74) is -3.93. The number of rotatable bonds is 0. The summed E-state index contributed by atoms with van der Waals surface area (Å²) in [6.07, 6.45) is -10.3. The number of carbonyl (C=O) groups is 1. The molecule has 0 fully saturated rings. The van der Waals surface area contributed by atoms with E-state index in [-0.39, 0.29) is 19.1 Å². The van der Waals surface area contributed by atoms with E-state index in [2.05, 4.69) is 0 Å². The molecule has 1 heterocycles. The van der Waals surface area contributed by atoms with Crippen LogP contribution in [0.1, 0.15) is 27.9 Å². The lowest BCUT2D eigenvalue weighted by molar-refractivity contribution is -0.143. The van der Waals surface area contributed by atoms with Crippen LogP contribution in [-0.4, -0.2) is 12.4 Å². The van der Waals surface area contributed by atoms with E-state index in [1.54, 1.807) is 0 Å². The maximum Gasteiger partial charge on any atom is 0.417 e. The average molecular weight is 284 g/mol. The SMILES string of the molecule is O=C1CCOc2cc(C(F)(F)F)cc(C(F)(F)F)c21. The van der Waals surface area contributed by atoms with Crippen LogP contribution in [-0.2, 0) is 12.4 Å². The number of ketones is 1. The van der Waals surface area contributed by atoms with Crippen LogP contribution < -0.4 is 4.74 Å². The fourth-order valence-corrected chi connectivity index (χ4v) is 1.78. The quantitative estimate of drug-likeness (QED) is 0.679. The molecule has 104 valence electrons. The number of halogens is 6. The molecule has 2 rings (SSSR count). The van der Waals surface area contributed by atoms with E-state index in [0.717, 1.165) is 0 Å². The molecule has 0 bridgehead atoms. The van der Waals surface area contributed by atoms with Crippen molar-refractivity contribution in [3.05, 3.63) is 28.8 Å². The highest BCUT2D eigenvalue weighted by Crippen LogP contribution is 2.42. The second-order valence-corrected chi connectivity index (χ2v) is 3.91. The van der Waals surface area contributed by atoms with Crippen molar-refractivity contribution >= 4 is 5.78 Å². The second kappa shape index (κ2) is 4.14. The summed E-state index contributed by atoms with van der Waals surface area (Å²) in [6.45, 7) is -0.232. The lowest BCUT2D eigenvalue weighted by Crippen LogP contribution is -2.22. The zero-order chi connectivity index (χ0) is 14.4. The fourth-order valence-electron chi connectivity index (χ4n) is 1.78. The van der Waals surface area contributed by atoms with Gasteiger partial charge in [-0.3, -0.25) is 4.79 Å². The van der Waals surface area contributed by atoms with Crippen molar-refractivity contribution in [3.63, 3.8) is 0 Å². The summed E-state index contributed by atoms with van der Waals surface area (Å²) in [5, 5.41) is 0. The van der Waals surface area contributed by atoms with Gasteiger partial charge in [0.1, 0.15) is 5.75 Å². The zero-order valence-electron chi connectivity index (χ0n) is 9.15. The Kier molecular flexibility index (Phi) is 2.98. The molecule has 19 heavy (non-hydrogen) atoms. The molecule has 0 radical (unpaired) electrons. The standard InChI is InChI=1S/C11H6F6O2/c12-10(13,14)5-3-6(11(15,16)17)9-7(18)1-2-19-8(9)4-5/h3-4H,1-2H2. The Morgan fingerprint density at radius 2 is 1.63 bits per heavy atom. The van der Waals surface area contributed by atoms with Crippen molar-refractivity contribution in [2.75, 3.05) is 6.61 Å². The van der Waals surface area contributed by atoms with E-state index in [1.807, 2.05) is 0 Å². The van der Waals surface area contributed by atoms with E-state index in [9.17, 15) is 31.1 Å². The Morgan fingerprint density at radius 3 is 2.16 bits per heavy atom. The van der Waals surface area contributed by atoms with Gasteiger partial charge in [-0.1, -0.05) is 0 Å². The highest BCUT2D eigenvalue weighted by molar-refractivity contribution is 6.01. The first kappa shape index (κ1) is 13.7. The van der Waals surface area contributed by atoms with Gasteiger partial charge in [0, 0.05) is 6.42 Å². The molecule has 1 aromatic rings. The Labute approximate surface area is 103 Å². The van der Waals surface area contributed by atoms with E-state index < -0.39 is 40.6 Å². The highest BCUT2D eigenvalue weighted by Gasteiger charge is 2.42. The summed E-state index contributed by atoms with van der Waals surface area (Å²) in [6, 6.07) is 0.354. The van der Waals surface area contributed by atoms with Crippen LogP contribution in [0, 0.1) is 0 Å². The van der Waals surface area contributed by atoms with Crippen molar-refractivity contribution in [2.45, 2.75) is 18.8 Å². The Morgan fingerprint density at radius 1 is 1.00 bits per heavy atom. The van der Waals surface area contributed by atoms with E-state index in [1.165, 1.54) is 0 Å². The third-order valence-electron chi connectivity index (χ3n) is 2.60. The third kappa shape index (κ3) is 2.52. The Balaban J connectivity index is 2.72. The fraction of sp³-hybridized carbons (Fsp3) is 0.364. The summed E-state index contributed by atoms with van der Waals surface area (Å²) in [5.74, 6) is -1.54. The molecular formula is C11H6F6O2. The van der Waals surface area contributed by atoms with Crippen molar-refractivity contribution in [3.8, 4) is 5.75 Å². The number of fused-ring (bicyclic) bond motifs is 1. The molecule has 0 atom stereocenters. The highest BCUT2D eigenvalue weighted by atomic mass is 19.4. The first-order valence-electron chi connectivity index (χ1n) is 5.09. The van der Waals surface area contributed by atoms with Gasteiger partial charge in [-0.2, -0.15) is 26.3 Å². The third-order valence-corrected chi connectivity index (χ3v) is 2.60. The summed E-state index contributed by atoms with van der Waals surface area (Å²) in [7, 11) is 0. The average Bonchev–Trinajstić information content (AvgIpc) is 2.25. The number of ether oxygens (including phenoxy) is 1. The van der Waals surface area contributed by atoms with Crippen LogP contribution >= 0.6 is 0 Å². The number of benzene rings is 1.